The maximum absolute atomic E-state index is 8.75. The minimum Gasteiger partial charge on any atom is -0.368 e. The second-order valence-electron chi connectivity index (χ2n) is 4.15. The number of aryl methyl sites for hydroxylation is 1. The number of nitrogens with one attached hydrogen (secondary N) is 1. The Morgan fingerprint density at radius 2 is 2.24 bits per heavy atom. The third-order valence-corrected chi connectivity index (χ3v) is 2.59. The second-order valence-corrected chi connectivity index (χ2v) is 4.15. The predicted molar refractivity (Wildman–Crippen MR) is 67.5 cm³/mol. The third-order valence-electron chi connectivity index (χ3n) is 2.59. The molecule has 1 aromatic carbocycles. The van der Waals surface area contributed by atoms with Crippen LogP contribution in [0.15, 0.2) is 24.5 Å². The molecule has 0 fully saturated rings. The normalized spacial score (nSPS) is 12.1. The van der Waals surface area contributed by atoms with Crippen LogP contribution in [0.25, 0.3) is 10.9 Å². The van der Waals surface area contributed by atoms with Crippen molar-refractivity contribution in [2.24, 2.45) is 5.92 Å². The molecule has 4 heteroatoms. The number of aromatic nitrogens is 2. The van der Waals surface area contributed by atoms with Crippen molar-refractivity contribution in [1.82, 2.24) is 9.97 Å². The first-order valence-electron chi connectivity index (χ1n) is 5.55. The van der Waals surface area contributed by atoms with Crippen molar-refractivity contribution in [3.05, 3.63) is 30.1 Å². The topological polar surface area (TPSA) is 61.6 Å². The van der Waals surface area contributed by atoms with E-state index in [1.807, 2.05) is 26.0 Å². The standard InChI is InChI=1S/C13H14N4/c1-9-3-4-12-11(5-9)13(17-8-16-12)15-7-10(2)6-14/h3-5,8,10H,7H2,1-2H3,(H,15,16,17)/t10-/m0/s1. The lowest BCUT2D eigenvalue weighted by Crippen LogP contribution is -2.10. The van der Waals surface area contributed by atoms with Gasteiger partial charge in [0.25, 0.3) is 0 Å². The lowest BCUT2D eigenvalue weighted by atomic mass is 10.1. The van der Waals surface area contributed by atoms with Gasteiger partial charge in [0.05, 0.1) is 17.5 Å². The Balaban J connectivity index is 2.34. The van der Waals surface area contributed by atoms with Gasteiger partial charge in [-0.15, -0.1) is 0 Å². The van der Waals surface area contributed by atoms with Gasteiger partial charge in [-0.05, 0) is 26.0 Å². The van der Waals surface area contributed by atoms with Crippen LogP contribution in [0.1, 0.15) is 12.5 Å². The monoisotopic (exact) mass is 226 g/mol. The summed E-state index contributed by atoms with van der Waals surface area (Å²) < 4.78 is 0. The van der Waals surface area contributed by atoms with Crippen molar-refractivity contribution in [2.75, 3.05) is 11.9 Å². The average molecular weight is 226 g/mol. The summed E-state index contributed by atoms with van der Waals surface area (Å²) in [7, 11) is 0. The van der Waals surface area contributed by atoms with Crippen molar-refractivity contribution >= 4 is 16.7 Å². The van der Waals surface area contributed by atoms with Gasteiger partial charge < -0.3 is 5.32 Å². The summed E-state index contributed by atoms with van der Waals surface area (Å²) in [6.45, 7) is 4.51. The summed E-state index contributed by atoms with van der Waals surface area (Å²) in [6.07, 6.45) is 1.54. The molecule has 0 aliphatic rings. The van der Waals surface area contributed by atoms with Crippen molar-refractivity contribution in [1.29, 1.82) is 5.26 Å². The van der Waals surface area contributed by atoms with Crippen LogP contribution >= 0.6 is 0 Å². The van der Waals surface area contributed by atoms with E-state index in [0.717, 1.165) is 16.7 Å². The molecule has 17 heavy (non-hydrogen) atoms. The highest BCUT2D eigenvalue weighted by Gasteiger charge is 2.05. The fourth-order valence-electron chi connectivity index (χ4n) is 1.61. The van der Waals surface area contributed by atoms with Gasteiger partial charge in [0.15, 0.2) is 0 Å². The zero-order valence-corrected chi connectivity index (χ0v) is 9.94. The van der Waals surface area contributed by atoms with Gasteiger partial charge in [0.1, 0.15) is 12.1 Å². The molecule has 2 rings (SSSR count). The summed E-state index contributed by atoms with van der Waals surface area (Å²) in [4.78, 5) is 8.44. The van der Waals surface area contributed by atoms with Crippen LogP contribution in [0.5, 0.6) is 0 Å². The molecule has 4 nitrogen and oxygen atoms in total. The fraction of sp³-hybridized carbons (Fsp3) is 0.308. The lowest BCUT2D eigenvalue weighted by molar-refractivity contribution is 0.783. The molecule has 1 heterocycles. The highest BCUT2D eigenvalue weighted by molar-refractivity contribution is 5.89. The van der Waals surface area contributed by atoms with Crippen LogP contribution in [-0.4, -0.2) is 16.5 Å². The number of fused-ring (bicyclic) bond motifs is 1. The molecule has 86 valence electrons. The second kappa shape index (κ2) is 4.79. The summed E-state index contributed by atoms with van der Waals surface area (Å²) in [5.74, 6) is 0.755. The summed E-state index contributed by atoms with van der Waals surface area (Å²) >= 11 is 0. The molecular formula is C13H14N4. The summed E-state index contributed by atoms with van der Waals surface area (Å²) in [6, 6.07) is 8.24. The van der Waals surface area contributed by atoms with E-state index in [9.17, 15) is 0 Å². The molecule has 0 radical (unpaired) electrons. The number of benzene rings is 1. The molecule has 0 aliphatic carbocycles. The Labute approximate surface area is 100 Å². The molecule has 1 N–H and O–H groups in total. The maximum atomic E-state index is 8.75. The molecule has 0 bridgehead atoms. The largest absolute Gasteiger partial charge is 0.368 e. The van der Waals surface area contributed by atoms with E-state index in [1.54, 1.807) is 0 Å². The van der Waals surface area contributed by atoms with Gasteiger partial charge in [-0.3, -0.25) is 0 Å². The van der Waals surface area contributed by atoms with Crippen LogP contribution in [0.4, 0.5) is 5.82 Å². The number of nitrogens with zero attached hydrogens (tertiary/aromatic N) is 3. The average Bonchev–Trinajstić information content (AvgIpc) is 2.35. The number of hydrogen-bond donors (Lipinski definition) is 1. The number of anilines is 1. The van der Waals surface area contributed by atoms with Crippen LogP contribution in [0, 0.1) is 24.2 Å². The SMILES string of the molecule is Cc1ccc2ncnc(NC[C@@H](C)C#N)c2c1. The Morgan fingerprint density at radius 1 is 1.41 bits per heavy atom. The quantitative estimate of drug-likeness (QED) is 0.873. The van der Waals surface area contributed by atoms with Crippen LogP contribution in [0.3, 0.4) is 0 Å². The zero-order valence-electron chi connectivity index (χ0n) is 9.94. The predicted octanol–water partition coefficient (Wildman–Crippen LogP) is 2.51. The molecule has 1 atom stereocenters. The third kappa shape index (κ3) is 2.51. The molecule has 0 saturated heterocycles. The Morgan fingerprint density at radius 3 is 3.00 bits per heavy atom. The first-order valence-corrected chi connectivity index (χ1v) is 5.55. The van der Waals surface area contributed by atoms with E-state index < -0.39 is 0 Å². The molecule has 1 aromatic heterocycles. The van der Waals surface area contributed by atoms with E-state index in [1.165, 1.54) is 11.9 Å². The van der Waals surface area contributed by atoms with E-state index in [-0.39, 0.29) is 5.92 Å². The molecule has 0 amide bonds. The molecule has 2 aromatic rings. The molecule has 0 unspecified atom stereocenters. The van der Waals surface area contributed by atoms with Gasteiger partial charge in [-0.25, -0.2) is 9.97 Å². The van der Waals surface area contributed by atoms with Gasteiger partial charge >= 0.3 is 0 Å². The number of rotatable bonds is 3. The van der Waals surface area contributed by atoms with Gasteiger partial charge in [0, 0.05) is 11.9 Å². The van der Waals surface area contributed by atoms with E-state index in [4.69, 9.17) is 5.26 Å². The highest BCUT2D eigenvalue weighted by atomic mass is 15.0. The van der Waals surface area contributed by atoms with Gasteiger partial charge in [0.2, 0.25) is 0 Å². The molecule has 0 saturated carbocycles. The minimum atomic E-state index is -0.0372. The maximum Gasteiger partial charge on any atom is 0.137 e. The molecular weight excluding hydrogens is 212 g/mol. The molecule has 0 aliphatic heterocycles. The number of nitriles is 1. The van der Waals surface area contributed by atoms with E-state index in [0.29, 0.717) is 6.54 Å². The smallest absolute Gasteiger partial charge is 0.137 e. The van der Waals surface area contributed by atoms with Crippen LogP contribution in [0.2, 0.25) is 0 Å². The van der Waals surface area contributed by atoms with Crippen LogP contribution in [-0.2, 0) is 0 Å². The summed E-state index contributed by atoms with van der Waals surface area (Å²) in [5, 5.41) is 12.9. The van der Waals surface area contributed by atoms with E-state index >= 15 is 0 Å². The van der Waals surface area contributed by atoms with Gasteiger partial charge in [-0.1, -0.05) is 11.6 Å². The Hall–Kier alpha value is -2.15. The van der Waals surface area contributed by atoms with Crippen molar-refractivity contribution in [2.45, 2.75) is 13.8 Å². The fourth-order valence-corrected chi connectivity index (χ4v) is 1.61. The Bertz CT molecular complexity index is 571. The zero-order chi connectivity index (χ0) is 12.3. The summed E-state index contributed by atoms with van der Waals surface area (Å²) in [5.41, 5.74) is 2.08. The Kier molecular flexibility index (Phi) is 3.20. The first kappa shape index (κ1) is 11.3. The van der Waals surface area contributed by atoms with Crippen LogP contribution < -0.4 is 5.32 Å². The minimum absolute atomic E-state index is 0.0372. The lowest BCUT2D eigenvalue weighted by Gasteiger charge is -2.09. The van der Waals surface area contributed by atoms with E-state index in [2.05, 4.69) is 27.4 Å². The number of hydrogen-bond acceptors (Lipinski definition) is 4. The van der Waals surface area contributed by atoms with Crippen molar-refractivity contribution in [3.8, 4) is 6.07 Å². The first-order chi connectivity index (χ1) is 8.20. The van der Waals surface area contributed by atoms with Crippen molar-refractivity contribution < 1.29 is 0 Å². The van der Waals surface area contributed by atoms with Crippen molar-refractivity contribution in [3.63, 3.8) is 0 Å². The highest BCUT2D eigenvalue weighted by Crippen LogP contribution is 2.20. The molecule has 0 spiro atoms. The van der Waals surface area contributed by atoms with Gasteiger partial charge in [-0.2, -0.15) is 5.26 Å².